The lowest BCUT2D eigenvalue weighted by molar-refractivity contribution is -0.137. The maximum atomic E-state index is 12.6. The molecule has 0 amide bonds. The van der Waals surface area contributed by atoms with Crippen LogP contribution in [0, 0.1) is 5.82 Å². The van der Waals surface area contributed by atoms with Gasteiger partial charge in [0.1, 0.15) is 11.6 Å². The highest BCUT2D eigenvalue weighted by atomic mass is 35.5. The summed E-state index contributed by atoms with van der Waals surface area (Å²) in [6.07, 6.45) is -0.117. The van der Waals surface area contributed by atoms with E-state index in [1.807, 2.05) is 0 Å². The lowest BCUT2D eigenvalue weighted by Gasteiger charge is -2.05. The maximum absolute atomic E-state index is 12.6. The van der Waals surface area contributed by atoms with Gasteiger partial charge in [-0.15, -0.1) is 0 Å². The average molecular weight is 219 g/mol. The predicted molar refractivity (Wildman–Crippen MR) is 49.2 cm³/mol. The van der Waals surface area contributed by atoms with E-state index in [0.29, 0.717) is 0 Å². The van der Waals surface area contributed by atoms with Crippen LogP contribution in [0.5, 0.6) is 5.75 Å². The second-order valence-corrected chi connectivity index (χ2v) is 2.97. The maximum Gasteiger partial charge on any atom is 0.306 e. The zero-order chi connectivity index (χ0) is 10.6. The molecule has 76 valence electrons. The number of hydrogen-bond donors (Lipinski definition) is 1. The van der Waals surface area contributed by atoms with Gasteiger partial charge in [0.2, 0.25) is 0 Å². The Balaban J connectivity index is 2.55. The van der Waals surface area contributed by atoms with Gasteiger partial charge in [-0.3, -0.25) is 4.79 Å². The molecule has 3 nitrogen and oxygen atoms in total. The van der Waals surface area contributed by atoms with Crippen molar-refractivity contribution < 1.29 is 19.0 Å². The van der Waals surface area contributed by atoms with Gasteiger partial charge >= 0.3 is 5.97 Å². The molecule has 0 radical (unpaired) electrons. The molecular weight excluding hydrogens is 211 g/mol. The van der Waals surface area contributed by atoms with Crippen LogP contribution in [0.3, 0.4) is 0 Å². The van der Waals surface area contributed by atoms with Crippen molar-refractivity contribution in [2.75, 3.05) is 6.61 Å². The Kier molecular flexibility index (Phi) is 3.71. The molecule has 0 saturated carbocycles. The third-order valence-electron chi connectivity index (χ3n) is 1.47. The molecule has 0 aliphatic heterocycles. The van der Waals surface area contributed by atoms with Crippen molar-refractivity contribution in [1.29, 1.82) is 0 Å². The Morgan fingerprint density at radius 3 is 2.86 bits per heavy atom. The van der Waals surface area contributed by atoms with Gasteiger partial charge in [0.15, 0.2) is 0 Å². The highest BCUT2D eigenvalue weighted by Gasteiger charge is 2.03. The first-order valence-electron chi connectivity index (χ1n) is 3.89. The zero-order valence-electron chi connectivity index (χ0n) is 7.17. The van der Waals surface area contributed by atoms with E-state index in [1.54, 1.807) is 0 Å². The summed E-state index contributed by atoms with van der Waals surface area (Å²) in [6, 6.07) is 3.67. The smallest absolute Gasteiger partial charge is 0.306 e. The van der Waals surface area contributed by atoms with Crippen molar-refractivity contribution in [3.8, 4) is 5.75 Å². The van der Waals surface area contributed by atoms with E-state index in [2.05, 4.69) is 0 Å². The summed E-state index contributed by atoms with van der Waals surface area (Å²) in [5.74, 6) is -1.13. The first-order valence-corrected chi connectivity index (χ1v) is 4.27. The molecule has 0 aliphatic rings. The number of benzene rings is 1. The first kappa shape index (κ1) is 10.8. The first-order chi connectivity index (χ1) is 6.59. The van der Waals surface area contributed by atoms with Crippen molar-refractivity contribution in [2.45, 2.75) is 6.42 Å². The Morgan fingerprint density at radius 1 is 1.57 bits per heavy atom. The van der Waals surface area contributed by atoms with Gasteiger partial charge in [-0.2, -0.15) is 0 Å². The second-order valence-electron chi connectivity index (χ2n) is 2.57. The van der Waals surface area contributed by atoms with E-state index in [9.17, 15) is 9.18 Å². The molecule has 0 spiro atoms. The van der Waals surface area contributed by atoms with Crippen molar-refractivity contribution in [2.24, 2.45) is 0 Å². The average Bonchev–Trinajstić information content (AvgIpc) is 2.08. The molecule has 1 aromatic carbocycles. The van der Waals surface area contributed by atoms with Gasteiger partial charge in [0.25, 0.3) is 0 Å². The summed E-state index contributed by atoms with van der Waals surface area (Å²) < 4.78 is 17.6. The molecule has 0 atom stereocenters. The van der Waals surface area contributed by atoms with Crippen molar-refractivity contribution in [3.05, 3.63) is 29.0 Å². The number of halogens is 2. The van der Waals surface area contributed by atoms with Gasteiger partial charge in [-0.25, -0.2) is 4.39 Å². The normalized spacial score (nSPS) is 9.86. The van der Waals surface area contributed by atoms with Crippen LogP contribution in [0.15, 0.2) is 18.2 Å². The minimum atomic E-state index is -0.955. The Bertz CT molecular complexity index is 341. The van der Waals surface area contributed by atoms with Crippen LogP contribution in [0.25, 0.3) is 0 Å². The van der Waals surface area contributed by atoms with Gasteiger partial charge in [0, 0.05) is 0 Å². The number of rotatable bonds is 4. The van der Waals surface area contributed by atoms with Crippen LogP contribution < -0.4 is 4.74 Å². The van der Waals surface area contributed by atoms with E-state index in [0.717, 1.165) is 6.07 Å². The molecule has 0 saturated heterocycles. The highest BCUT2D eigenvalue weighted by molar-refractivity contribution is 6.32. The number of carboxylic acid groups (broad SMARTS) is 1. The van der Waals surface area contributed by atoms with Gasteiger partial charge in [0.05, 0.1) is 18.1 Å². The van der Waals surface area contributed by atoms with E-state index < -0.39 is 11.8 Å². The molecule has 1 aromatic rings. The van der Waals surface area contributed by atoms with Crippen molar-refractivity contribution >= 4 is 17.6 Å². The topological polar surface area (TPSA) is 46.5 Å². The number of aliphatic carboxylic acids is 1. The van der Waals surface area contributed by atoms with Crippen LogP contribution in [-0.4, -0.2) is 17.7 Å². The lowest BCUT2D eigenvalue weighted by Crippen LogP contribution is -2.05. The summed E-state index contributed by atoms with van der Waals surface area (Å²) in [5.41, 5.74) is 0. The zero-order valence-corrected chi connectivity index (χ0v) is 7.92. The lowest BCUT2D eigenvalue weighted by atomic mass is 10.3. The summed E-state index contributed by atoms with van der Waals surface area (Å²) in [6.45, 7) is 0.0146. The Morgan fingerprint density at radius 2 is 2.29 bits per heavy atom. The fourth-order valence-corrected chi connectivity index (χ4v) is 1.06. The van der Waals surface area contributed by atoms with Crippen molar-refractivity contribution in [3.63, 3.8) is 0 Å². The van der Waals surface area contributed by atoms with E-state index in [1.165, 1.54) is 12.1 Å². The van der Waals surface area contributed by atoms with Crippen LogP contribution in [0.1, 0.15) is 6.42 Å². The van der Waals surface area contributed by atoms with E-state index in [4.69, 9.17) is 21.4 Å². The fourth-order valence-electron chi connectivity index (χ4n) is 0.841. The summed E-state index contributed by atoms with van der Waals surface area (Å²) in [7, 11) is 0. The third-order valence-corrected chi connectivity index (χ3v) is 1.76. The molecule has 0 heterocycles. The fraction of sp³-hybridized carbons (Fsp3) is 0.222. The van der Waals surface area contributed by atoms with Crippen LogP contribution in [0.4, 0.5) is 4.39 Å². The largest absolute Gasteiger partial charge is 0.491 e. The quantitative estimate of drug-likeness (QED) is 0.844. The molecule has 0 aromatic heterocycles. The standard InChI is InChI=1S/C9H8ClFO3/c10-7-5-6(11)1-2-8(7)14-4-3-9(12)13/h1-2,5H,3-4H2,(H,12,13). The molecule has 1 rings (SSSR count). The molecule has 0 unspecified atom stereocenters. The SMILES string of the molecule is O=C(O)CCOc1ccc(F)cc1Cl. The monoisotopic (exact) mass is 218 g/mol. The summed E-state index contributed by atoms with van der Waals surface area (Å²) in [5, 5.41) is 8.47. The number of carboxylic acids is 1. The number of ether oxygens (including phenoxy) is 1. The Labute approximate surface area is 85.1 Å². The third kappa shape index (κ3) is 3.22. The van der Waals surface area contributed by atoms with Crippen LogP contribution in [-0.2, 0) is 4.79 Å². The number of hydrogen-bond acceptors (Lipinski definition) is 2. The summed E-state index contributed by atoms with van der Waals surface area (Å²) >= 11 is 5.63. The molecular formula is C9H8ClFO3. The van der Waals surface area contributed by atoms with Gasteiger partial charge < -0.3 is 9.84 Å². The van der Waals surface area contributed by atoms with E-state index >= 15 is 0 Å². The van der Waals surface area contributed by atoms with Crippen LogP contribution >= 0.6 is 11.6 Å². The van der Waals surface area contributed by atoms with Crippen LogP contribution in [0.2, 0.25) is 5.02 Å². The molecule has 14 heavy (non-hydrogen) atoms. The number of carbonyl (C=O) groups is 1. The molecule has 0 aliphatic carbocycles. The van der Waals surface area contributed by atoms with E-state index in [-0.39, 0.29) is 23.8 Å². The molecule has 5 heteroatoms. The Hall–Kier alpha value is -1.29. The van der Waals surface area contributed by atoms with Gasteiger partial charge in [-0.05, 0) is 18.2 Å². The minimum absolute atomic E-state index is 0.0146. The van der Waals surface area contributed by atoms with Crippen molar-refractivity contribution in [1.82, 2.24) is 0 Å². The van der Waals surface area contributed by atoms with Gasteiger partial charge in [-0.1, -0.05) is 11.6 Å². The molecule has 1 N–H and O–H groups in total. The minimum Gasteiger partial charge on any atom is -0.491 e. The second kappa shape index (κ2) is 4.81. The summed E-state index contributed by atoms with van der Waals surface area (Å²) in [4.78, 5) is 10.2. The molecule has 0 fully saturated rings. The predicted octanol–water partition coefficient (Wildman–Crippen LogP) is 2.33. The highest BCUT2D eigenvalue weighted by Crippen LogP contribution is 2.24. The molecule has 0 bridgehead atoms.